The standard InChI is InChI=1S/C33H35N11O3S2/c1-42-19-35-29(41-42)31-40-39-30(49-31)20-9-12-44(13-10-20)27(45)17-43-14-11-33(18-43,48-2)32(46)36-22-4-7-25-24(15-22)28(38-37-25)21-3-8-26(34-16-21)47-23-5-6-23/h3-4,7-9,15-16,19,23H,5-6,10-14,17-18H2,1-2H3,(H,36,46)(H,37,38). The van der Waals surface area contributed by atoms with Crippen LogP contribution < -0.4 is 10.1 Å². The summed E-state index contributed by atoms with van der Waals surface area (Å²) in [5, 5.41) is 26.1. The van der Waals surface area contributed by atoms with Crippen molar-refractivity contribution in [1.29, 1.82) is 0 Å². The van der Waals surface area contributed by atoms with Crippen molar-refractivity contribution >= 4 is 57.1 Å². The lowest BCUT2D eigenvalue weighted by Crippen LogP contribution is -2.45. The molecule has 252 valence electrons. The van der Waals surface area contributed by atoms with Gasteiger partial charge in [-0.05, 0) is 61.8 Å². The summed E-state index contributed by atoms with van der Waals surface area (Å²) in [6.07, 6.45) is 11.2. The normalized spacial score (nSPS) is 19.7. The SMILES string of the molecule is CSC1(C(=O)Nc2ccc3[nH]nc(-c4ccc(OC5CC5)nc4)c3c2)CCN(CC(=O)N2CC=C(c3nnc(-c4ncn(C)n4)s3)CC2)C1. The van der Waals surface area contributed by atoms with Crippen LogP contribution in [0.15, 0.2) is 48.9 Å². The number of carbonyl (C=O) groups excluding carboxylic acids is 2. The van der Waals surface area contributed by atoms with Crippen LogP contribution in [0, 0.1) is 0 Å². The molecule has 3 aliphatic rings. The molecule has 1 atom stereocenters. The fourth-order valence-corrected chi connectivity index (χ4v) is 7.89. The van der Waals surface area contributed by atoms with E-state index in [0.29, 0.717) is 61.4 Å². The Morgan fingerprint density at radius 2 is 2.02 bits per heavy atom. The van der Waals surface area contributed by atoms with Crippen LogP contribution in [-0.4, -0.2) is 112 Å². The minimum absolute atomic E-state index is 0.0582. The average molecular weight is 698 g/mol. The van der Waals surface area contributed by atoms with Crippen LogP contribution in [0.3, 0.4) is 0 Å². The fraction of sp³-hybridized carbons (Fsp3) is 0.394. The Morgan fingerprint density at radius 3 is 2.76 bits per heavy atom. The first-order valence-corrected chi connectivity index (χ1v) is 18.3. The summed E-state index contributed by atoms with van der Waals surface area (Å²) >= 11 is 3.00. The van der Waals surface area contributed by atoms with Crippen molar-refractivity contribution in [2.45, 2.75) is 36.5 Å². The molecule has 1 aromatic carbocycles. The van der Waals surface area contributed by atoms with Gasteiger partial charge in [-0.15, -0.1) is 27.1 Å². The van der Waals surface area contributed by atoms with Crippen molar-refractivity contribution in [3.8, 4) is 28.0 Å². The number of hydrogen-bond acceptors (Lipinski definition) is 12. The lowest BCUT2D eigenvalue weighted by Gasteiger charge is -2.29. The number of nitrogens with zero attached hydrogens (tertiary/aromatic N) is 9. The van der Waals surface area contributed by atoms with E-state index in [9.17, 15) is 9.59 Å². The first-order chi connectivity index (χ1) is 23.9. The molecule has 2 aliphatic heterocycles. The second-order valence-electron chi connectivity index (χ2n) is 12.6. The number of aromatic amines is 1. The number of aromatic nitrogens is 8. The van der Waals surface area contributed by atoms with Gasteiger partial charge in [-0.1, -0.05) is 17.4 Å². The number of ether oxygens (including phenoxy) is 1. The minimum atomic E-state index is -0.664. The highest BCUT2D eigenvalue weighted by Crippen LogP contribution is 2.36. The summed E-state index contributed by atoms with van der Waals surface area (Å²) in [6, 6.07) is 9.58. The maximum Gasteiger partial charge on any atom is 0.241 e. The zero-order valence-corrected chi connectivity index (χ0v) is 28.8. The van der Waals surface area contributed by atoms with Gasteiger partial charge in [0.05, 0.1) is 12.1 Å². The zero-order chi connectivity index (χ0) is 33.5. The molecule has 0 bridgehead atoms. The maximum atomic E-state index is 13.8. The predicted octanol–water partition coefficient (Wildman–Crippen LogP) is 3.88. The summed E-state index contributed by atoms with van der Waals surface area (Å²) in [7, 11) is 1.81. The van der Waals surface area contributed by atoms with Gasteiger partial charge in [0.2, 0.25) is 23.5 Å². The number of benzene rings is 1. The van der Waals surface area contributed by atoms with Crippen LogP contribution in [0.2, 0.25) is 0 Å². The van der Waals surface area contributed by atoms with Gasteiger partial charge < -0.3 is 15.0 Å². The third kappa shape index (κ3) is 6.55. The first kappa shape index (κ1) is 31.6. The Kier molecular flexibility index (Phi) is 8.37. The Balaban J connectivity index is 0.881. The summed E-state index contributed by atoms with van der Waals surface area (Å²) in [5.74, 6) is 1.17. The van der Waals surface area contributed by atoms with Crippen molar-refractivity contribution in [3.63, 3.8) is 0 Å². The largest absolute Gasteiger partial charge is 0.474 e. The fourth-order valence-electron chi connectivity index (χ4n) is 6.20. The number of carbonyl (C=O) groups is 2. The molecule has 1 aliphatic carbocycles. The van der Waals surface area contributed by atoms with Crippen LogP contribution >= 0.6 is 23.1 Å². The second kappa shape index (κ2) is 13.0. The Morgan fingerprint density at radius 1 is 1.14 bits per heavy atom. The van der Waals surface area contributed by atoms with Crippen LogP contribution in [0.5, 0.6) is 5.88 Å². The predicted molar refractivity (Wildman–Crippen MR) is 188 cm³/mol. The molecular weight excluding hydrogens is 663 g/mol. The highest BCUT2D eigenvalue weighted by atomic mass is 32.2. The van der Waals surface area contributed by atoms with E-state index in [-0.39, 0.29) is 24.5 Å². The molecule has 2 amide bonds. The van der Waals surface area contributed by atoms with E-state index in [1.54, 1.807) is 17.2 Å². The minimum Gasteiger partial charge on any atom is -0.474 e. The molecule has 0 spiro atoms. The molecule has 1 saturated heterocycles. The highest BCUT2D eigenvalue weighted by Gasteiger charge is 2.44. The van der Waals surface area contributed by atoms with Crippen LogP contribution in [0.25, 0.3) is 38.6 Å². The zero-order valence-electron chi connectivity index (χ0n) is 27.1. The Hall–Kier alpha value is -4.67. The number of fused-ring (bicyclic) bond motifs is 1. The lowest BCUT2D eigenvalue weighted by atomic mass is 10.1. The molecule has 4 aromatic heterocycles. The van der Waals surface area contributed by atoms with Gasteiger partial charge in [0.1, 0.15) is 27.9 Å². The molecule has 14 nitrogen and oxygen atoms in total. The van der Waals surface area contributed by atoms with Crippen molar-refractivity contribution in [2.24, 2.45) is 7.05 Å². The van der Waals surface area contributed by atoms with Crippen molar-refractivity contribution in [1.82, 2.24) is 49.9 Å². The third-order valence-electron chi connectivity index (χ3n) is 9.17. The molecule has 16 heteroatoms. The van der Waals surface area contributed by atoms with Gasteiger partial charge in [-0.2, -0.15) is 5.10 Å². The molecule has 2 N–H and O–H groups in total. The molecule has 1 unspecified atom stereocenters. The number of anilines is 1. The number of likely N-dealkylation sites (tertiary alicyclic amines) is 1. The molecule has 8 rings (SSSR count). The van der Waals surface area contributed by atoms with Crippen LogP contribution in [-0.2, 0) is 16.6 Å². The van der Waals surface area contributed by atoms with E-state index in [1.165, 1.54) is 23.1 Å². The molecule has 5 aromatic rings. The molecular formula is C33H35N11O3S2. The molecule has 0 radical (unpaired) electrons. The van der Waals surface area contributed by atoms with E-state index >= 15 is 0 Å². The topological polar surface area (TPSA) is 160 Å². The third-order valence-corrected chi connectivity index (χ3v) is 11.5. The van der Waals surface area contributed by atoms with Gasteiger partial charge in [0.25, 0.3) is 0 Å². The number of aryl methyl sites for hydroxylation is 1. The van der Waals surface area contributed by atoms with Gasteiger partial charge in [-0.25, -0.2) is 9.97 Å². The number of H-pyrrole nitrogens is 1. The first-order valence-electron chi connectivity index (χ1n) is 16.2. The van der Waals surface area contributed by atoms with E-state index in [2.05, 4.69) is 51.8 Å². The number of thioether (sulfide) groups is 1. The van der Waals surface area contributed by atoms with E-state index in [4.69, 9.17) is 4.74 Å². The summed E-state index contributed by atoms with van der Waals surface area (Å²) in [5.41, 5.74) is 4.26. The number of pyridine rings is 1. The smallest absolute Gasteiger partial charge is 0.241 e. The van der Waals surface area contributed by atoms with Crippen molar-refractivity contribution in [2.75, 3.05) is 44.3 Å². The quantitative estimate of drug-likeness (QED) is 0.218. The van der Waals surface area contributed by atoms with Crippen molar-refractivity contribution < 1.29 is 14.3 Å². The van der Waals surface area contributed by atoms with E-state index in [1.807, 2.05) is 48.5 Å². The second-order valence-corrected chi connectivity index (χ2v) is 14.8. The van der Waals surface area contributed by atoms with Gasteiger partial charge in [0, 0.05) is 62.1 Å². The summed E-state index contributed by atoms with van der Waals surface area (Å²) < 4.78 is 6.76. The number of hydrogen-bond donors (Lipinski definition) is 2. The van der Waals surface area contributed by atoms with Crippen LogP contribution in [0.1, 0.15) is 30.7 Å². The molecule has 2 fully saturated rings. The van der Waals surface area contributed by atoms with Crippen molar-refractivity contribution in [3.05, 3.63) is 53.9 Å². The van der Waals surface area contributed by atoms with Crippen LogP contribution in [0.4, 0.5) is 5.69 Å². The molecule has 1 saturated carbocycles. The lowest BCUT2D eigenvalue weighted by molar-refractivity contribution is -0.132. The maximum absolute atomic E-state index is 13.8. The van der Waals surface area contributed by atoms with E-state index in [0.717, 1.165) is 45.6 Å². The van der Waals surface area contributed by atoms with Gasteiger partial charge in [0.15, 0.2) is 5.01 Å². The summed E-state index contributed by atoms with van der Waals surface area (Å²) in [4.78, 5) is 39.8. The number of rotatable bonds is 10. The molecule has 49 heavy (non-hydrogen) atoms. The Labute approximate surface area is 290 Å². The summed E-state index contributed by atoms with van der Waals surface area (Å²) in [6.45, 7) is 2.56. The van der Waals surface area contributed by atoms with Gasteiger partial charge >= 0.3 is 0 Å². The average Bonchev–Trinajstić information content (AvgIpc) is 3.52. The number of amides is 2. The van der Waals surface area contributed by atoms with E-state index < -0.39 is 4.75 Å². The number of nitrogens with one attached hydrogen (secondary N) is 2. The Bertz CT molecular complexity index is 2050. The van der Waals surface area contributed by atoms with Gasteiger partial charge in [-0.3, -0.25) is 24.3 Å². The highest BCUT2D eigenvalue weighted by molar-refractivity contribution is 8.00. The molecule has 6 heterocycles. The monoisotopic (exact) mass is 697 g/mol.